The molecule has 1 aromatic heterocycles. The summed E-state index contributed by atoms with van der Waals surface area (Å²) in [6.45, 7) is 3.69. The van der Waals surface area contributed by atoms with Crippen molar-refractivity contribution in [2.75, 3.05) is 5.73 Å². The normalized spacial score (nSPS) is 9.60. The second-order valence-electron chi connectivity index (χ2n) is 3.22. The maximum atomic E-state index is 5.81. The van der Waals surface area contributed by atoms with E-state index in [2.05, 4.69) is 17.6 Å². The number of nitrogens with zero attached hydrogens (tertiary/aromatic N) is 1. The van der Waals surface area contributed by atoms with E-state index in [1.807, 2.05) is 30.3 Å². The van der Waals surface area contributed by atoms with Crippen LogP contribution in [0, 0.1) is 0 Å². The third-order valence-electron chi connectivity index (χ3n) is 2.20. The lowest BCUT2D eigenvalue weighted by Crippen LogP contribution is -1.97. The van der Waals surface area contributed by atoms with E-state index in [0.29, 0.717) is 5.82 Å². The van der Waals surface area contributed by atoms with E-state index < -0.39 is 0 Å². The summed E-state index contributed by atoms with van der Waals surface area (Å²) < 4.78 is 0. The number of hydrogen-bond acceptors (Lipinski definition) is 2. The number of fused-ring (bicyclic) bond motifs is 1. The summed E-state index contributed by atoms with van der Waals surface area (Å²) >= 11 is 0. The largest absolute Gasteiger partial charge is 0.383 e. The lowest BCUT2D eigenvalue weighted by Gasteiger charge is -2.04. The molecule has 2 nitrogen and oxygen atoms in total. The maximum Gasteiger partial charge on any atom is 0.127 e. The van der Waals surface area contributed by atoms with Gasteiger partial charge in [-0.1, -0.05) is 24.3 Å². The molecule has 15 heavy (non-hydrogen) atoms. The van der Waals surface area contributed by atoms with Crippen LogP contribution in [0.4, 0.5) is 5.82 Å². The predicted octanol–water partition coefficient (Wildman–Crippen LogP) is 2.97. The number of nitrogens with two attached hydrogens (primary N) is 1. The van der Waals surface area contributed by atoms with E-state index in [1.54, 1.807) is 0 Å². The molecule has 0 bridgehead atoms. The van der Waals surface area contributed by atoms with Crippen LogP contribution in [-0.2, 0) is 6.42 Å². The van der Waals surface area contributed by atoms with Crippen molar-refractivity contribution >= 4 is 29.1 Å². The minimum Gasteiger partial charge on any atom is -0.383 e. The first-order chi connectivity index (χ1) is 6.81. The highest BCUT2D eigenvalue weighted by atomic mass is 35.5. The quantitative estimate of drug-likeness (QED) is 0.791. The zero-order valence-electron chi connectivity index (χ0n) is 8.31. The van der Waals surface area contributed by atoms with Gasteiger partial charge in [-0.15, -0.1) is 19.0 Å². The molecule has 0 atom stereocenters. The Labute approximate surface area is 95.2 Å². The number of benzene rings is 1. The van der Waals surface area contributed by atoms with Crippen LogP contribution in [0.2, 0.25) is 0 Å². The summed E-state index contributed by atoms with van der Waals surface area (Å²) in [5, 5.41) is 1.12. The minimum absolute atomic E-state index is 0. The van der Waals surface area contributed by atoms with Crippen LogP contribution < -0.4 is 5.73 Å². The second kappa shape index (κ2) is 4.80. The first-order valence-electron chi connectivity index (χ1n) is 4.56. The van der Waals surface area contributed by atoms with Crippen molar-refractivity contribution in [2.24, 2.45) is 0 Å². The number of rotatable bonds is 2. The zero-order chi connectivity index (χ0) is 9.97. The van der Waals surface area contributed by atoms with Crippen LogP contribution in [0.15, 0.2) is 43.0 Å². The van der Waals surface area contributed by atoms with Crippen molar-refractivity contribution in [2.45, 2.75) is 6.42 Å². The van der Waals surface area contributed by atoms with Gasteiger partial charge in [0.25, 0.3) is 0 Å². The Morgan fingerprint density at radius 3 is 2.80 bits per heavy atom. The monoisotopic (exact) mass is 220 g/mol. The molecule has 2 N–H and O–H groups in total. The molecule has 0 unspecified atom stereocenters. The summed E-state index contributed by atoms with van der Waals surface area (Å²) in [5.74, 6) is 0.601. The fraction of sp³-hybridized carbons (Fsp3) is 0.0833. The Morgan fingerprint density at radius 1 is 1.33 bits per heavy atom. The van der Waals surface area contributed by atoms with Gasteiger partial charge in [0.1, 0.15) is 5.82 Å². The SMILES string of the molecule is C=CCc1cc2ccccc2nc1N.Cl. The second-order valence-corrected chi connectivity index (χ2v) is 3.22. The number of pyridine rings is 1. The van der Waals surface area contributed by atoms with Crippen LogP contribution in [0.3, 0.4) is 0 Å². The van der Waals surface area contributed by atoms with Crippen LogP contribution in [-0.4, -0.2) is 4.98 Å². The molecule has 0 fully saturated rings. The van der Waals surface area contributed by atoms with E-state index >= 15 is 0 Å². The van der Waals surface area contributed by atoms with Gasteiger partial charge in [0.15, 0.2) is 0 Å². The Hall–Kier alpha value is -1.54. The van der Waals surface area contributed by atoms with E-state index in [0.717, 1.165) is 22.9 Å². The van der Waals surface area contributed by atoms with E-state index in [4.69, 9.17) is 5.73 Å². The average Bonchev–Trinajstić information content (AvgIpc) is 2.19. The summed E-state index contributed by atoms with van der Waals surface area (Å²) in [6, 6.07) is 10.0. The topological polar surface area (TPSA) is 38.9 Å². The number of aromatic nitrogens is 1. The lowest BCUT2D eigenvalue weighted by atomic mass is 10.1. The Kier molecular flexibility index (Phi) is 3.69. The molecule has 0 spiro atoms. The molecule has 0 aliphatic rings. The molecule has 78 valence electrons. The molecule has 0 saturated heterocycles. The molecule has 2 aromatic rings. The van der Waals surface area contributed by atoms with Crippen molar-refractivity contribution in [3.05, 3.63) is 48.6 Å². The van der Waals surface area contributed by atoms with Crippen molar-refractivity contribution in [1.29, 1.82) is 0 Å². The molecule has 0 saturated carbocycles. The summed E-state index contributed by atoms with van der Waals surface area (Å²) in [4.78, 5) is 4.32. The van der Waals surface area contributed by atoms with E-state index in [-0.39, 0.29) is 12.4 Å². The highest BCUT2D eigenvalue weighted by Crippen LogP contribution is 2.18. The molecular weight excluding hydrogens is 208 g/mol. The molecule has 0 aliphatic carbocycles. The maximum absolute atomic E-state index is 5.81. The van der Waals surface area contributed by atoms with Crippen LogP contribution >= 0.6 is 12.4 Å². The highest BCUT2D eigenvalue weighted by Gasteiger charge is 2.01. The van der Waals surface area contributed by atoms with Gasteiger partial charge in [-0.3, -0.25) is 0 Å². The van der Waals surface area contributed by atoms with Crippen LogP contribution in [0.1, 0.15) is 5.56 Å². The molecule has 2 rings (SSSR count). The summed E-state index contributed by atoms with van der Waals surface area (Å²) in [7, 11) is 0. The highest BCUT2D eigenvalue weighted by molar-refractivity contribution is 5.85. The zero-order valence-corrected chi connectivity index (χ0v) is 9.13. The van der Waals surface area contributed by atoms with Gasteiger partial charge in [-0.05, 0) is 24.1 Å². The van der Waals surface area contributed by atoms with Gasteiger partial charge in [0, 0.05) is 5.39 Å². The molecule has 0 aliphatic heterocycles. The summed E-state index contributed by atoms with van der Waals surface area (Å²) in [5.41, 5.74) is 7.80. The van der Waals surface area contributed by atoms with Gasteiger partial charge in [-0.25, -0.2) is 4.98 Å². The third-order valence-corrected chi connectivity index (χ3v) is 2.20. The van der Waals surface area contributed by atoms with E-state index in [1.165, 1.54) is 0 Å². The van der Waals surface area contributed by atoms with Crippen LogP contribution in [0.25, 0.3) is 10.9 Å². The molecule has 0 radical (unpaired) electrons. The van der Waals surface area contributed by atoms with E-state index in [9.17, 15) is 0 Å². The number of para-hydroxylation sites is 1. The third kappa shape index (κ3) is 2.28. The molecule has 1 heterocycles. The Morgan fingerprint density at radius 2 is 2.07 bits per heavy atom. The van der Waals surface area contributed by atoms with Crippen molar-refractivity contribution in [1.82, 2.24) is 4.98 Å². The van der Waals surface area contributed by atoms with Gasteiger partial charge in [0.05, 0.1) is 5.52 Å². The van der Waals surface area contributed by atoms with Crippen molar-refractivity contribution in [3.63, 3.8) is 0 Å². The number of anilines is 1. The number of hydrogen-bond donors (Lipinski definition) is 1. The van der Waals surface area contributed by atoms with Gasteiger partial charge in [-0.2, -0.15) is 0 Å². The molecular formula is C12H13ClN2. The Balaban J connectivity index is 0.00000112. The first-order valence-corrected chi connectivity index (χ1v) is 4.56. The van der Waals surface area contributed by atoms with Gasteiger partial charge < -0.3 is 5.73 Å². The fourth-order valence-corrected chi connectivity index (χ4v) is 1.49. The van der Waals surface area contributed by atoms with Crippen molar-refractivity contribution < 1.29 is 0 Å². The number of allylic oxidation sites excluding steroid dienone is 1. The number of nitrogen functional groups attached to an aromatic ring is 1. The van der Waals surface area contributed by atoms with Gasteiger partial charge in [0.2, 0.25) is 0 Å². The van der Waals surface area contributed by atoms with Gasteiger partial charge >= 0.3 is 0 Å². The number of halogens is 1. The fourth-order valence-electron chi connectivity index (χ4n) is 1.49. The molecule has 3 heteroatoms. The first kappa shape index (κ1) is 11.5. The van der Waals surface area contributed by atoms with Crippen LogP contribution in [0.5, 0.6) is 0 Å². The van der Waals surface area contributed by atoms with Crippen molar-refractivity contribution in [3.8, 4) is 0 Å². The smallest absolute Gasteiger partial charge is 0.127 e. The molecule has 0 amide bonds. The Bertz CT molecular complexity index is 480. The molecule has 1 aromatic carbocycles. The average molecular weight is 221 g/mol. The summed E-state index contributed by atoms with van der Waals surface area (Å²) in [6.07, 6.45) is 2.60. The standard InChI is InChI=1S/C12H12N2.ClH/c1-2-5-10-8-9-6-3-4-7-11(9)14-12(10)13;/h2-4,6-8H,1,5H2,(H2,13,14);1H. The predicted molar refractivity (Wildman–Crippen MR) is 67.3 cm³/mol. The minimum atomic E-state index is 0. The lowest BCUT2D eigenvalue weighted by molar-refractivity contribution is 1.24.